The van der Waals surface area contributed by atoms with Gasteiger partial charge in [-0.05, 0) is 5.56 Å². The number of hydrogen-bond donors (Lipinski definition) is 2. The lowest BCUT2D eigenvalue weighted by atomic mass is 9.98. The average molecular weight is 348 g/mol. The first-order chi connectivity index (χ1) is 11.7. The largest absolute Gasteiger partial charge is 0.349 e. The molecule has 0 fully saturated rings. The van der Waals surface area contributed by atoms with Crippen LogP contribution in [-0.2, 0) is 22.6 Å². The van der Waals surface area contributed by atoms with Crippen molar-refractivity contribution in [3.8, 4) is 0 Å². The predicted octanol–water partition coefficient (Wildman–Crippen LogP) is 0.128. The molecule has 0 spiro atoms. The quantitative estimate of drug-likeness (QED) is 0.688. The summed E-state index contributed by atoms with van der Waals surface area (Å²) in [5, 5.41) is 5.60. The smallest absolute Gasteiger partial charge is 0.275 e. The van der Waals surface area contributed by atoms with E-state index < -0.39 is 0 Å². The molecule has 0 saturated heterocycles. The number of nitrogens with zero attached hydrogens (tertiary/aromatic N) is 2. The van der Waals surface area contributed by atoms with Crippen LogP contribution in [0.15, 0.2) is 24.3 Å². The van der Waals surface area contributed by atoms with Crippen LogP contribution in [0.4, 0.5) is 0 Å². The summed E-state index contributed by atoms with van der Waals surface area (Å²) in [6.45, 7) is 4.03. The number of nitrogens with one attached hydrogen (secondary N) is 2. The van der Waals surface area contributed by atoms with Crippen molar-refractivity contribution in [1.82, 2.24) is 10.6 Å². The fourth-order valence-electron chi connectivity index (χ4n) is 3.22. The summed E-state index contributed by atoms with van der Waals surface area (Å²) in [5.41, 5.74) is 2.86. The highest BCUT2D eigenvalue weighted by molar-refractivity contribution is 5.85. The molecular formula is C19H32N4O2+2. The van der Waals surface area contributed by atoms with Gasteiger partial charge in [-0.15, -0.1) is 0 Å². The van der Waals surface area contributed by atoms with E-state index in [-0.39, 0.29) is 18.4 Å². The summed E-state index contributed by atoms with van der Waals surface area (Å²) >= 11 is 0. The van der Waals surface area contributed by atoms with Gasteiger partial charge < -0.3 is 19.6 Å². The predicted molar refractivity (Wildman–Crippen MR) is 98.7 cm³/mol. The van der Waals surface area contributed by atoms with Crippen LogP contribution in [-0.4, -0.2) is 81.7 Å². The van der Waals surface area contributed by atoms with Gasteiger partial charge in [-0.25, -0.2) is 0 Å². The highest BCUT2D eigenvalue weighted by Crippen LogP contribution is 2.22. The van der Waals surface area contributed by atoms with E-state index in [9.17, 15) is 9.59 Å². The molecule has 2 rings (SSSR count). The molecule has 0 aliphatic carbocycles. The fourth-order valence-corrected chi connectivity index (χ4v) is 3.22. The Labute approximate surface area is 151 Å². The van der Waals surface area contributed by atoms with Gasteiger partial charge in [0.15, 0.2) is 6.54 Å². The van der Waals surface area contributed by atoms with Gasteiger partial charge in [-0.3, -0.25) is 9.59 Å². The standard InChI is InChI=1S/C19H30N4O2/c1-22(2,3)15-19(25)21-13-18(24)20-10-12-23(4)11-9-16-7-5-6-8-17(16)14-23/h5-8H,9-15H2,1-4H3/p+2. The van der Waals surface area contributed by atoms with Crippen LogP contribution in [0.3, 0.4) is 0 Å². The Morgan fingerprint density at radius 1 is 1.08 bits per heavy atom. The number of hydrogen-bond acceptors (Lipinski definition) is 2. The minimum atomic E-state index is -0.126. The minimum absolute atomic E-state index is 0.0470. The van der Waals surface area contributed by atoms with Crippen molar-refractivity contribution >= 4 is 11.8 Å². The van der Waals surface area contributed by atoms with E-state index in [0.29, 0.717) is 17.6 Å². The summed E-state index contributed by atoms with van der Waals surface area (Å²) < 4.78 is 1.48. The number of rotatable bonds is 7. The Hall–Kier alpha value is -1.92. The lowest BCUT2D eigenvalue weighted by Crippen LogP contribution is -2.52. The Kier molecular flexibility index (Phi) is 6.19. The summed E-state index contributed by atoms with van der Waals surface area (Å²) in [7, 11) is 8.08. The number of carbonyl (C=O) groups excluding carboxylic acids is 2. The zero-order valence-electron chi connectivity index (χ0n) is 16.0. The third-order valence-electron chi connectivity index (χ3n) is 4.63. The first-order valence-corrected chi connectivity index (χ1v) is 8.91. The normalized spacial score (nSPS) is 19.8. The zero-order valence-corrected chi connectivity index (χ0v) is 16.0. The maximum atomic E-state index is 11.9. The number of benzene rings is 1. The average Bonchev–Trinajstić information content (AvgIpc) is 2.51. The molecule has 6 heteroatoms. The molecule has 0 radical (unpaired) electrons. The molecule has 1 aliphatic rings. The lowest BCUT2D eigenvalue weighted by molar-refractivity contribution is -0.923. The maximum absolute atomic E-state index is 11.9. The molecule has 0 aromatic heterocycles. The molecule has 1 atom stereocenters. The van der Waals surface area contributed by atoms with Crippen LogP contribution in [0.2, 0.25) is 0 Å². The molecular weight excluding hydrogens is 316 g/mol. The SMILES string of the molecule is C[N+](C)(C)CC(=O)NCC(=O)NCC[N+]1(C)CCc2ccccc2C1. The topological polar surface area (TPSA) is 58.2 Å². The van der Waals surface area contributed by atoms with E-state index in [1.807, 2.05) is 21.1 Å². The van der Waals surface area contributed by atoms with Crippen molar-refractivity contribution in [3.63, 3.8) is 0 Å². The summed E-state index contributed by atoms with van der Waals surface area (Å²) in [4.78, 5) is 23.7. The third kappa shape index (κ3) is 6.48. The number of fused-ring (bicyclic) bond motifs is 1. The number of likely N-dealkylation sites (N-methyl/N-ethyl adjacent to an activating group) is 2. The van der Waals surface area contributed by atoms with E-state index in [1.54, 1.807) is 0 Å². The third-order valence-corrected chi connectivity index (χ3v) is 4.63. The van der Waals surface area contributed by atoms with Gasteiger partial charge in [0, 0.05) is 12.0 Å². The van der Waals surface area contributed by atoms with E-state index in [0.717, 1.165) is 30.5 Å². The number of amides is 2. The van der Waals surface area contributed by atoms with Gasteiger partial charge in [0.1, 0.15) is 6.54 Å². The van der Waals surface area contributed by atoms with E-state index in [1.165, 1.54) is 11.1 Å². The molecule has 1 heterocycles. The second-order valence-corrected chi connectivity index (χ2v) is 8.32. The van der Waals surface area contributed by atoms with Gasteiger partial charge in [0.2, 0.25) is 5.91 Å². The van der Waals surface area contributed by atoms with Gasteiger partial charge in [0.05, 0.1) is 54.4 Å². The molecule has 1 unspecified atom stereocenters. The van der Waals surface area contributed by atoms with Crippen molar-refractivity contribution < 1.29 is 18.6 Å². The van der Waals surface area contributed by atoms with Crippen molar-refractivity contribution in [2.75, 3.05) is 60.9 Å². The maximum Gasteiger partial charge on any atom is 0.275 e. The number of quaternary nitrogens is 2. The Bertz CT molecular complexity index is 624. The second kappa shape index (κ2) is 7.97. The van der Waals surface area contributed by atoms with Crippen LogP contribution in [0, 0.1) is 0 Å². The van der Waals surface area contributed by atoms with Gasteiger partial charge in [-0.1, -0.05) is 24.3 Å². The molecule has 1 aromatic rings. The zero-order chi connectivity index (χ0) is 18.5. The molecule has 2 N–H and O–H groups in total. The highest BCUT2D eigenvalue weighted by atomic mass is 16.2. The van der Waals surface area contributed by atoms with Crippen molar-refractivity contribution in [2.45, 2.75) is 13.0 Å². The highest BCUT2D eigenvalue weighted by Gasteiger charge is 2.27. The van der Waals surface area contributed by atoms with Crippen LogP contribution >= 0.6 is 0 Å². The van der Waals surface area contributed by atoms with E-state index in [2.05, 4.69) is 41.9 Å². The molecule has 1 aliphatic heterocycles. The molecule has 1 aromatic carbocycles. The van der Waals surface area contributed by atoms with Crippen molar-refractivity contribution in [3.05, 3.63) is 35.4 Å². The molecule has 2 amide bonds. The van der Waals surface area contributed by atoms with Gasteiger partial charge in [-0.2, -0.15) is 0 Å². The van der Waals surface area contributed by atoms with Crippen LogP contribution < -0.4 is 10.6 Å². The minimum Gasteiger partial charge on any atom is -0.349 e. The Morgan fingerprint density at radius 3 is 2.44 bits per heavy atom. The Balaban J connectivity index is 1.70. The van der Waals surface area contributed by atoms with Gasteiger partial charge in [0.25, 0.3) is 5.91 Å². The van der Waals surface area contributed by atoms with Crippen LogP contribution in [0.5, 0.6) is 0 Å². The monoisotopic (exact) mass is 348 g/mol. The van der Waals surface area contributed by atoms with E-state index >= 15 is 0 Å². The molecule has 0 saturated carbocycles. The van der Waals surface area contributed by atoms with Gasteiger partial charge >= 0.3 is 0 Å². The molecule has 25 heavy (non-hydrogen) atoms. The number of carbonyl (C=O) groups is 2. The molecule has 138 valence electrons. The van der Waals surface area contributed by atoms with Crippen LogP contribution in [0.1, 0.15) is 11.1 Å². The van der Waals surface area contributed by atoms with E-state index in [4.69, 9.17) is 0 Å². The summed E-state index contributed by atoms with van der Waals surface area (Å²) in [6.07, 6.45) is 1.09. The summed E-state index contributed by atoms with van der Waals surface area (Å²) in [5.74, 6) is -0.229. The summed E-state index contributed by atoms with van der Waals surface area (Å²) in [6, 6.07) is 8.60. The lowest BCUT2D eigenvalue weighted by Gasteiger charge is -2.38. The first kappa shape index (κ1) is 19.4. The van der Waals surface area contributed by atoms with Crippen LogP contribution in [0.25, 0.3) is 0 Å². The first-order valence-electron chi connectivity index (χ1n) is 8.91. The molecule has 6 nitrogen and oxygen atoms in total. The Morgan fingerprint density at radius 2 is 1.76 bits per heavy atom. The van der Waals surface area contributed by atoms with Crippen molar-refractivity contribution in [1.29, 1.82) is 0 Å². The second-order valence-electron chi connectivity index (χ2n) is 8.32. The fraction of sp³-hybridized carbons (Fsp3) is 0.579. The molecule has 0 bridgehead atoms. The van der Waals surface area contributed by atoms with Crippen molar-refractivity contribution in [2.24, 2.45) is 0 Å².